The van der Waals surface area contributed by atoms with Crippen LogP contribution in [-0.2, 0) is 4.74 Å². The van der Waals surface area contributed by atoms with Crippen molar-refractivity contribution >= 4 is 29.1 Å². The molecule has 0 saturated carbocycles. The fraction of sp³-hybridized carbons (Fsp3) is 0.562. The van der Waals surface area contributed by atoms with Gasteiger partial charge in [-0.15, -0.1) is 5.10 Å². The first kappa shape index (κ1) is 18.2. The van der Waals surface area contributed by atoms with Gasteiger partial charge < -0.3 is 20.1 Å². The molecule has 1 fully saturated rings. The van der Waals surface area contributed by atoms with E-state index in [0.29, 0.717) is 30.2 Å². The van der Waals surface area contributed by atoms with E-state index in [9.17, 15) is 8.78 Å². The topological polar surface area (TPSA) is 86.1 Å². The van der Waals surface area contributed by atoms with Crippen LogP contribution in [0.25, 0.3) is 0 Å². The molecule has 4 heterocycles. The summed E-state index contributed by atoms with van der Waals surface area (Å²) in [4.78, 5) is 8.40. The van der Waals surface area contributed by atoms with Gasteiger partial charge in [0.05, 0.1) is 31.1 Å². The third-order valence-electron chi connectivity index (χ3n) is 4.56. The molecule has 27 heavy (non-hydrogen) atoms. The van der Waals surface area contributed by atoms with E-state index in [1.807, 2.05) is 0 Å². The van der Waals surface area contributed by atoms with Crippen molar-refractivity contribution in [2.24, 2.45) is 0 Å². The number of anilines is 3. The summed E-state index contributed by atoms with van der Waals surface area (Å²) in [6.07, 6.45) is -0.595. The van der Waals surface area contributed by atoms with Crippen LogP contribution < -0.4 is 15.4 Å². The van der Waals surface area contributed by atoms with Gasteiger partial charge >= 0.3 is 0 Å². The number of nitrogens with zero attached hydrogens (tertiary/aromatic N) is 4. The summed E-state index contributed by atoms with van der Waals surface area (Å²) in [6, 6.07) is -0.478. The maximum atomic E-state index is 14.3. The SMILES string of the molecule is Cc1c2c(nn1C1CCOCC1F)OCC(F)CNc1nc(ncc1Cl)N2. The highest BCUT2D eigenvalue weighted by molar-refractivity contribution is 6.32. The fourth-order valence-corrected chi connectivity index (χ4v) is 3.28. The summed E-state index contributed by atoms with van der Waals surface area (Å²) in [5.74, 6) is 0.741. The van der Waals surface area contributed by atoms with Crippen LogP contribution in [0.15, 0.2) is 6.20 Å². The van der Waals surface area contributed by atoms with Gasteiger partial charge in [-0.3, -0.25) is 4.68 Å². The van der Waals surface area contributed by atoms with Gasteiger partial charge in [0, 0.05) is 6.61 Å². The Bertz CT molecular complexity index is 835. The van der Waals surface area contributed by atoms with Gasteiger partial charge in [0.2, 0.25) is 5.95 Å². The third kappa shape index (κ3) is 3.63. The van der Waals surface area contributed by atoms with Crippen LogP contribution in [0.3, 0.4) is 0 Å². The maximum Gasteiger partial charge on any atom is 0.257 e. The largest absolute Gasteiger partial charge is 0.472 e. The van der Waals surface area contributed by atoms with Crippen LogP contribution in [0.2, 0.25) is 5.02 Å². The second-order valence-corrected chi connectivity index (χ2v) is 6.87. The Kier molecular flexibility index (Phi) is 5.00. The minimum Gasteiger partial charge on any atom is -0.472 e. The van der Waals surface area contributed by atoms with Gasteiger partial charge in [0.25, 0.3) is 5.88 Å². The summed E-state index contributed by atoms with van der Waals surface area (Å²) >= 11 is 6.05. The van der Waals surface area contributed by atoms with E-state index in [2.05, 4.69) is 25.7 Å². The first-order valence-corrected chi connectivity index (χ1v) is 9.02. The number of fused-ring (bicyclic) bond motifs is 3. The van der Waals surface area contributed by atoms with Crippen molar-refractivity contribution in [2.75, 3.05) is 37.0 Å². The standard InChI is InChI=1S/C16H19ClF2N6O2/c1-8-13-15(24-25(8)12-2-3-26-7-11(12)19)27-6-9(18)4-20-14-10(17)5-21-16(22-13)23-14/h5,9,11-12H,2-4,6-7H2,1H3,(H2,20,21,22,23). The minimum atomic E-state index is -1.31. The van der Waals surface area contributed by atoms with Crippen molar-refractivity contribution < 1.29 is 18.3 Å². The summed E-state index contributed by atoms with van der Waals surface area (Å²) in [5.41, 5.74) is 1.11. The monoisotopic (exact) mass is 400 g/mol. The molecule has 8 nitrogen and oxygen atoms in total. The lowest BCUT2D eigenvalue weighted by molar-refractivity contribution is -0.00104. The number of hydrogen-bond donors (Lipinski definition) is 2. The molecule has 2 N–H and O–H groups in total. The van der Waals surface area contributed by atoms with Crippen molar-refractivity contribution in [3.05, 3.63) is 16.9 Å². The molecule has 0 amide bonds. The first-order chi connectivity index (χ1) is 13.0. The van der Waals surface area contributed by atoms with Crippen molar-refractivity contribution in [2.45, 2.75) is 31.7 Å². The van der Waals surface area contributed by atoms with Crippen molar-refractivity contribution in [1.82, 2.24) is 19.7 Å². The van der Waals surface area contributed by atoms with E-state index in [0.717, 1.165) is 0 Å². The molecule has 4 rings (SSSR count). The molecule has 11 heteroatoms. The van der Waals surface area contributed by atoms with E-state index in [1.165, 1.54) is 6.20 Å². The smallest absolute Gasteiger partial charge is 0.257 e. The van der Waals surface area contributed by atoms with Crippen LogP contribution in [0.5, 0.6) is 5.88 Å². The maximum absolute atomic E-state index is 14.3. The molecule has 2 bridgehead atoms. The molecule has 0 aliphatic carbocycles. The van der Waals surface area contributed by atoms with Gasteiger partial charge in [-0.1, -0.05) is 11.6 Å². The number of ether oxygens (including phenoxy) is 2. The van der Waals surface area contributed by atoms with Crippen LogP contribution in [0.4, 0.5) is 26.2 Å². The quantitative estimate of drug-likeness (QED) is 0.761. The number of rotatable bonds is 1. The summed E-state index contributed by atoms with van der Waals surface area (Å²) < 4.78 is 40.8. The zero-order chi connectivity index (χ0) is 19.0. The molecule has 3 atom stereocenters. The average Bonchev–Trinajstić information content (AvgIpc) is 2.95. The van der Waals surface area contributed by atoms with Crippen LogP contribution in [0, 0.1) is 6.92 Å². The Morgan fingerprint density at radius 2 is 2.19 bits per heavy atom. The lowest BCUT2D eigenvalue weighted by Crippen LogP contribution is -2.32. The molecule has 0 spiro atoms. The highest BCUT2D eigenvalue weighted by Crippen LogP contribution is 2.35. The van der Waals surface area contributed by atoms with Gasteiger partial charge in [0.15, 0.2) is 12.0 Å². The molecule has 2 aromatic rings. The van der Waals surface area contributed by atoms with Gasteiger partial charge in [-0.05, 0) is 13.3 Å². The Balaban J connectivity index is 1.74. The predicted molar refractivity (Wildman–Crippen MR) is 95.5 cm³/mol. The molecular formula is C16H19ClF2N6O2. The Morgan fingerprint density at radius 1 is 1.33 bits per heavy atom. The normalized spacial score (nSPS) is 25.4. The Morgan fingerprint density at radius 3 is 3.00 bits per heavy atom. The van der Waals surface area contributed by atoms with Crippen LogP contribution in [0.1, 0.15) is 18.2 Å². The van der Waals surface area contributed by atoms with Crippen LogP contribution >= 0.6 is 11.6 Å². The highest BCUT2D eigenvalue weighted by Gasteiger charge is 2.31. The Hall–Kier alpha value is -2.20. The Labute approximate surface area is 159 Å². The van der Waals surface area contributed by atoms with E-state index >= 15 is 0 Å². The lowest BCUT2D eigenvalue weighted by atomic mass is 10.1. The first-order valence-electron chi connectivity index (χ1n) is 8.64. The molecular weight excluding hydrogens is 382 g/mol. The van der Waals surface area contributed by atoms with E-state index in [1.54, 1.807) is 11.6 Å². The van der Waals surface area contributed by atoms with Gasteiger partial charge in [-0.2, -0.15) is 4.98 Å². The zero-order valence-electron chi connectivity index (χ0n) is 14.6. The number of halogens is 3. The van der Waals surface area contributed by atoms with Crippen molar-refractivity contribution in [3.63, 3.8) is 0 Å². The molecule has 1 saturated heterocycles. The molecule has 3 unspecified atom stereocenters. The number of aromatic nitrogens is 4. The fourth-order valence-electron chi connectivity index (χ4n) is 3.13. The average molecular weight is 401 g/mol. The lowest BCUT2D eigenvalue weighted by Gasteiger charge is -2.27. The van der Waals surface area contributed by atoms with Crippen molar-refractivity contribution in [3.8, 4) is 5.88 Å². The molecule has 2 aliphatic heterocycles. The molecule has 0 radical (unpaired) electrons. The van der Waals surface area contributed by atoms with Crippen molar-refractivity contribution in [1.29, 1.82) is 0 Å². The second-order valence-electron chi connectivity index (χ2n) is 6.46. The third-order valence-corrected chi connectivity index (χ3v) is 4.83. The van der Waals surface area contributed by atoms with E-state index in [-0.39, 0.29) is 36.6 Å². The summed E-state index contributed by atoms with van der Waals surface area (Å²) in [6.45, 7) is 2.01. The summed E-state index contributed by atoms with van der Waals surface area (Å²) in [5, 5.41) is 10.5. The number of nitrogens with one attached hydrogen (secondary N) is 2. The summed E-state index contributed by atoms with van der Waals surface area (Å²) in [7, 11) is 0. The van der Waals surface area contributed by atoms with E-state index < -0.39 is 18.4 Å². The predicted octanol–water partition coefficient (Wildman–Crippen LogP) is 2.82. The molecule has 146 valence electrons. The second kappa shape index (κ2) is 7.43. The number of alkyl halides is 2. The highest BCUT2D eigenvalue weighted by atomic mass is 35.5. The zero-order valence-corrected chi connectivity index (χ0v) is 15.3. The van der Waals surface area contributed by atoms with E-state index in [4.69, 9.17) is 21.1 Å². The molecule has 2 aromatic heterocycles. The van der Waals surface area contributed by atoms with Gasteiger partial charge in [-0.25, -0.2) is 13.8 Å². The molecule has 2 aliphatic rings. The van der Waals surface area contributed by atoms with Gasteiger partial charge in [0.1, 0.15) is 23.5 Å². The molecule has 0 aromatic carbocycles. The minimum absolute atomic E-state index is 0.0186. The number of hydrogen-bond acceptors (Lipinski definition) is 7. The van der Waals surface area contributed by atoms with Crippen LogP contribution in [-0.4, -0.2) is 58.5 Å².